The van der Waals surface area contributed by atoms with Crippen molar-refractivity contribution in [3.8, 4) is 23.0 Å². The van der Waals surface area contributed by atoms with Gasteiger partial charge < -0.3 is 29.6 Å². The van der Waals surface area contributed by atoms with Gasteiger partial charge in [-0.3, -0.25) is 9.59 Å². The molecule has 0 aromatic heterocycles. The van der Waals surface area contributed by atoms with Gasteiger partial charge in [-0.05, 0) is 66.7 Å². The van der Waals surface area contributed by atoms with Crippen molar-refractivity contribution in [3.63, 3.8) is 0 Å². The lowest BCUT2D eigenvalue weighted by Crippen LogP contribution is -2.14. The van der Waals surface area contributed by atoms with Crippen LogP contribution < -0.4 is 29.6 Å². The lowest BCUT2D eigenvalue weighted by atomic mass is 10.1. The maximum atomic E-state index is 13.2. The van der Waals surface area contributed by atoms with Crippen LogP contribution in [0.1, 0.15) is 20.7 Å². The topological polar surface area (TPSA) is 120 Å². The summed E-state index contributed by atoms with van der Waals surface area (Å²) in [5, 5.41) is 14.3. The Labute approximate surface area is 231 Å². The SMILES string of the molecule is COc1ccc(C(=O)Nc2ccc(N=Nc3ccccc3)c(NC(=O)c3ccc(OC)c(OC)c3)c2)cc1OC. The van der Waals surface area contributed by atoms with Gasteiger partial charge in [-0.25, -0.2) is 0 Å². The fourth-order valence-electron chi connectivity index (χ4n) is 3.76. The Morgan fingerprint density at radius 1 is 0.575 bits per heavy atom. The second-order valence-corrected chi connectivity index (χ2v) is 8.32. The molecule has 0 aliphatic rings. The highest BCUT2D eigenvalue weighted by Gasteiger charge is 2.16. The van der Waals surface area contributed by atoms with Gasteiger partial charge in [0.2, 0.25) is 0 Å². The molecule has 0 bridgehead atoms. The lowest BCUT2D eigenvalue weighted by molar-refractivity contribution is 0.101. The maximum Gasteiger partial charge on any atom is 0.255 e. The molecular formula is C30H28N4O6. The van der Waals surface area contributed by atoms with Gasteiger partial charge in [-0.1, -0.05) is 18.2 Å². The highest BCUT2D eigenvalue weighted by molar-refractivity contribution is 6.08. The van der Waals surface area contributed by atoms with Crippen molar-refractivity contribution >= 4 is 34.6 Å². The third-order valence-electron chi connectivity index (χ3n) is 5.82. The summed E-state index contributed by atoms with van der Waals surface area (Å²) in [6.45, 7) is 0. The van der Waals surface area contributed by atoms with E-state index in [0.717, 1.165) is 0 Å². The molecule has 40 heavy (non-hydrogen) atoms. The van der Waals surface area contributed by atoms with Gasteiger partial charge in [-0.15, -0.1) is 5.11 Å². The molecule has 204 valence electrons. The Hall–Kier alpha value is -5.38. The van der Waals surface area contributed by atoms with E-state index in [2.05, 4.69) is 20.9 Å². The third kappa shape index (κ3) is 6.54. The van der Waals surface area contributed by atoms with E-state index in [1.165, 1.54) is 28.4 Å². The van der Waals surface area contributed by atoms with Gasteiger partial charge in [0.05, 0.1) is 39.8 Å². The number of amides is 2. The molecule has 0 radical (unpaired) electrons. The monoisotopic (exact) mass is 540 g/mol. The molecule has 2 amide bonds. The largest absolute Gasteiger partial charge is 0.493 e. The molecule has 4 aromatic rings. The van der Waals surface area contributed by atoms with E-state index < -0.39 is 5.91 Å². The number of carbonyl (C=O) groups is 2. The minimum atomic E-state index is -0.416. The summed E-state index contributed by atoms with van der Waals surface area (Å²) in [5.41, 5.74) is 2.50. The first kappa shape index (κ1) is 27.6. The first-order chi connectivity index (χ1) is 19.4. The smallest absolute Gasteiger partial charge is 0.255 e. The summed E-state index contributed by atoms with van der Waals surface area (Å²) in [7, 11) is 6.03. The van der Waals surface area contributed by atoms with Gasteiger partial charge in [0.15, 0.2) is 23.0 Å². The van der Waals surface area contributed by atoms with E-state index >= 15 is 0 Å². The van der Waals surface area contributed by atoms with Crippen molar-refractivity contribution in [2.24, 2.45) is 10.2 Å². The minimum Gasteiger partial charge on any atom is -0.493 e. The number of nitrogens with one attached hydrogen (secondary N) is 2. The molecule has 0 heterocycles. The normalized spacial score (nSPS) is 10.6. The lowest BCUT2D eigenvalue weighted by Gasteiger charge is -2.13. The second-order valence-electron chi connectivity index (χ2n) is 8.32. The minimum absolute atomic E-state index is 0.336. The predicted molar refractivity (Wildman–Crippen MR) is 152 cm³/mol. The third-order valence-corrected chi connectivity index (χ3v) is 5.82. The van der Waals surface area contributed by atoms with Crippen molar-refractivity contribution in [1.82, 2.24) is 0 Å². The second kappa shape index (κ2) is 12.9. The molecule has 10 nitrogen and oxygen atoms in total. The molecule has 0 fully saturated rings. The van der Waals surface area contributed by atoms with Crippen molar-refractivity contribution in [3.05, 3.63) is 96.1 Å². The molecule has 0 spiro atoms. The van der Waals surface area contributed by atoms with Crippen molar-refractivity contribution in [2.45, 2.75) is 0 Å². The van der Waals surface area contributed by atoms with Crippen LogP contribution in [-0.2, 0) is 0 Å². The number of rotatable bonds is 10. The first-order valence-corrected chi connectivity index (χ1v) is 12.1. The Bertz CT molecular complexity index is 1540. The number of carbonyl (C=O) groups excluding carboxylic acids is 2. The standard InChI is InChI=1S/C30H28N4O6/c1-37-25-14-10-19(16-27(25)39-3)29(35)31-22-12-13-23(34-33-21-8-6-5-7-9-21)24(18-22)32-30(36)20-11-15-26(38-2)28(17-20)40-4/h5-18H,1-4H3,(H,31,35)(H,32,36). The number of nitrogens with zero attached hydrogens (tertiary/aromatic N) is 2. The van der Waals surface area contributed by atoms with Gasteiger partial charge in [-0.2, -0.15) is 5.11 Å². The summed E-state index contributed by atoms with van der Waals surface area (Å²) in [4.78, 5) is 26.2. The molecular weight excluding hydrogens is 512 g/mol. The van der Waals surface area contributed by atoms with Crippen LogP contribution in [0.2, 0.25) is 0 Å². The van der Waals surface area contributed by atoms with Crippen LogP contribution in [0, 0.1) is 0 Å². The molecule has 0 aliphatic carbocycles. The number of methoxy groups -OCH3 is 4. The number of benzene rings is 4. The Balaban J connectivity index is 1.64. The van der Waals surface area contributed by atoms with Crippen molar-refractivity contribution in [2.75, 3.05) is 39.1 Å². The zero-order chi connectivity index (χ0) is 28.5. The average Bonchev–Trinajstić information content (AvgIpc) is 3.00. The van der Waals surface area contributed by atoms with Crippen molar-refractivity contribution < 1.29 is 28.5 Å². The van der Waals surface area contributed by atoms with E-state index in [-0.39, 0.29) is 5.91 Å². The summed E-state index contributed by atoms with van der Waals surface area (Å²) in [5.74, 6) is 1.05. The molecule has 0 aliphatic heterocycles. The van der Waals surface area contributed by atoms with Crippen LogP contribution in [0.4, 0.5) is 22.7 Å². The highest BCUT2D eigenvalue weighted by Crippen LogP contribution is 2.33. The predicted octanol–water partition coefficient (Wildman–Crippen LogP) is 6.64. The van der Waals surface area contributed by atoms with Gasteiger partial charge in [0, 0.05) is 16.8 Å². The van der Waals surface area contributed by atoms with Crippen LogP contribution in [-0.4, -0.2) is 40.3 Å². The van der Waals surface area contributed by atoms with Crippen LogP contribution >= 0.6 is 0 Å². The number of anilines is 2. The Morgan fingerprint density at radius 2 is 1.12 bits per heavy atom. The van der Waals surface area contributed by atoms with E-state index in [1.54, 1.807) is 54.6 Å². The molecule has 0 atom stereocenters. The van der Waals surface area contributed by atoms with Gasteiger partial charge in [0.1, 0.15) is 5.69 Å². The first-order valence-electron chi connectivity index (χ1n) is 12.1. The average molecular weight is 541 g/mol. The number of hydrogen-bond acceptors (Lipinski definition) is 8. The summed E-state index contributed by atoms with van der Waals surface area (Å²) in [6, 6.07) is 23.8. The van der Waals surface area contributed by atoms with Crippen molar-refractivity contribution in [1.29, 1.82) is 0 Å². The summed E-state index contributed by atoms with van der Waals surface area (Å²) < 4.78 is 21.1. The van der Waals surface area contributed by atoms with Crippen LogP contribution in [0.25, 0.3) is 0 Å². The summed E-state index contributed by atoms with van der Waals surface area (Å²) >= 11 is 0. The Morgan fingerprint density at radius 3 is 1.68 bits per heavy atom. The highest BCUT2D eigenvalue weighted by atomic mass is 16.5. The van der Waals surface area contributed by atoms with Crippen LogP contribution in [0.3, 0.4) is 0 Å². The molecule has 0 saturated heterocycles. The quantitative estimate of drug-likeness (QED) is 0.218. The molecule has 0 saturated carbocycles. The molecule has 10 heteroatoms. The number of hydrogen-bond donors (Lipinski definition) is 2. The number of ether oxygens (including phenoxy) is 4. The Kier molecular flexibility index (Phi) is 8.93. The maximum absolute atomic E-state index is 13.2. The van der Waals surface area contributed by atoms with Crippen LogP contribution in [0.15, 0.2) is 95.2 Å². The number of azo groups is 1. The zero-order valence-corrected chi connectivity index (χ0v) is 22.4. The fraction of sp³-hybridized carbons (Fsp3) is 0.133. The van der Waals surface area contributed by atoms with E-state index in [1.807, 2.05) is 30.3 Å². The zero-order valence-electron chi connectivity index (χ0n) is 22.4. The molecule has 4 rings (SSSR count). The molecule has 0 unspecified atom stereocenters. The molecule has 2 N–H and O–H groups in total. The van der Waals surface area contributed by atoms with Gasteiger partial charge in [0.25, 0.3) is 11.8 Å². The van der Waals surface area contributed by atoms with Crippen LogP contribution in [0.5, 0.6) is 23.0 Å². The van der Waals surface area contributed by atoms with Gasteiger partial charge >= 0.3 is 0 Å². The van der Waals surface area contributed by atoms with E-state index in [9.17, 15) is 9.59 Å². The van der Waals surface area contributed by atoms with E-state index in [4.69, 9.17) is 18.9 Å². The fourth-order valence-corrected chi connectivity index (χ4v) is 3.76. The van der Waals surface area contributed by atoms with E-state index in [0.29, 0.717) is 56.9 Å². The molecule has 4 aromatic carbocycles. The summed E-state index contributed by atoms with van der Waals surface area (Å²) in [6.07, 6.45) is 0.